The lowest BCUT2D eigenvalue weighted by Gasteiger charge is -2.12. The maximum atomic E-state index is 6.01. The van der Waals surface area contributed by atoms with Gasteiger partial charge in [0.05, 0.1) is 26.9 Å². The summed E-state index contributed by atoms with van der Waals surface area (Å²) in [6.07, 6.45) is 3.86. The normalized spacial score (nSPS) is 11.1. The van der Waals surface area contributed by atoms with E-state index in [-0.39, 0.29) is 0 Å². The molecule has 1 heterocycles. The highest BCUT2D eigenvalue weighted by molar-refractivity contribution is 5.85. The molecular weight excluding hydrogens is 328 g/mol. The molecule has 134 valence electrons. The van der Waals surface area contributed by atoms with E-state index >= 15 is 0 Å². The Hall–Kier alpha value is -3.14. The van der Waals surface area contributed by atoms with Crippen molar-refractivity contribution in [2.45, 2.75) is 6.92 Å². The van der Waals surface area contributed by atoms with E-state index in [1.165, 1.54) is 0 Å². The Morgan fingerprint density at radius 3 is 2.23 bits per heavy atom. The summed E-state index contributed by atoms with van der Waals surface area (Å²) in [5.74, 6) is 2.90. The molecule has 0 N–H and O–H groups in total. The molecule has 0 radical (unpaired) electrons. The van der Waals surface area contributed by atoms with E-state index in [4.69, 9.17) is 18.6 Å². The van der Waals surface area contributed by atoms with Crippen LogP contribution in [0.15, 0.2) is 59.0 Å². The van der Waals surface area contributed by atoms with Crippen LogP contribution in [-0.4, -0.2) is 21.3 Å². The molecule has 0 saturated heterocycles. The summed E-state index contributed by atoms with van der Waals surface area (Å²) >= 11 is 0. The van der Waals surface area contributed by atoms with Crippen molar-refractivity contribution in [1.82, 2.24) is 0 Å². The van der Waals surface area contributed by atoms with Gasteiger partial charge in [-0.3, -0.25) is 0 Å². The number of hydrogen-bond donors (Lipinski definition) is 0. The fourth-order valence-electron chi connectivity index (χ4n) is 2.75. The van der Waals surface area contributed by atoms with E-state index < -0.39 is 0 Å². The largest absolute Gasteiger partial charge is 0.497 e. The number of rotatable bonds is 6. The molecule has 1 aromatic heterocycles. The number of hydrogen-bond acceptors (Lipinski definition) is 4. The molecule has 0 amide bonds. The molecule has 0 bridgehead atoms. The van der Waals surface area contributed by atoms with Crippen LogP contribution >= 0.6 is 0 Å². The Labute approximate surface area is 153 Å². The average Bonchev–Trinajstić information content (AvgIpc) is 3.08. The third kappa shape index (κ3) is 3.45. The number of ether oxygens (including phenoxy) is 3. The summed E-state index contributed by atoms with van der Waals surface area (Å²) in [5, 5.41) is 1.00. The van der Waals surface area contributed by atoms with Crippen LogP contribution in [0.25, 0.3) is 28.4 Å². The molecule has 0 aliphatic carbocycles. The Morgan fingerprint density at radius 1 is 0.962 bits per heavy atom. The monoisotopic (exact) mass is 350 g/mol. The molecule has 0 saturated carbocycles. The van der Waals surface area contributed by atoms with Crippen LogP contribution < -0.4 is 14.2 Å². The van der Waals surface area contributed by atoms with E-state index in [0.717, 1.165) is 39.2 Å². The van der Waals surface area contributed by atoms with Crippen molar-refractivity contribution in [1.29, 1.82) is 0 Å². The molecule has 0 aliphatic rings. The first-order chi connectivity index (χ1) is 12.5. The Kier molecular flexibility index (Phi) is 5.03. The zero-order valence-corrected chi connectivity index (χ0v) is 15.5. The van der Waals surface area contributed by atoms with Gasteiger partial charge in [0, 0.05) is 17.0 Å². The molecule has 0 aliphatic heterocycles. The second-order valence-corrected chi connectivity index (χ2v) is 5.99. The fourth-order valence-corrected chi connectivity index (χ4v) is 2.75. The van der Waals surface area contributed by atoms with Crippen molar-refractivity contribution in [3.8, 4) is 28.6 Å². The number of fused-ring (bicyclic) bond motifs is 1. The fraction of sp³-hybridized carbons (Fsp3) is 0.182. The minimum Gasteiger partial charge on any atom is -0.497 e. The summed E-state index contributed by atoms with van der Waals surface area (Å²) < 4.78 is 22.4. The standard InChI is InChI=1S/C22H22O4/c1-14(2)6-9-18-21(24-4)11-16(12-22(18)25-5)19-10-15-7-8-17(23-3)13-20(15)26-19/h6-13H,1H2,2-5H3/b9-6+. The number of benzene rings is 2. The van der Waals surface area contributed by atoms with Gasteiger partial charge in [0.1, 0.15) is 28.6 Å². The van der Waals surface area contributed by atoms with Crippen LogP contribution in [0.3, 0.4) is 0 Å². The van der Waals surface area contributed by atoms with Crippen molar-refractivity contribution >= 4 is 17.0 Å². The predicted octanol–water partition coefficient (Wildman–Crippen LogP) is 5.71. The van der Waals surface area contributed by atoms with Crippen LogP contribution in [0.5, 0.6) is 17.2 Å². The minimum atomic E-state index is 0.704. The minimum absolute atomic E-state index is 0.704. The van der Waals surface area contributed by atoms with Gasteiger partial charge >= 0.3 is 0 Å². The van der Waals surface area contributed by atoms with Crippen LogP contribution in [0.1, 0.15) is 12.5 Å². The predicted molar refractivity (Wildman–Crippen MR) is 105 cm³/mol. The second-order valence-electron chi connectivity index (χ2n) is 5.99. The third-order valence-electron chi connectivity index (χ3n) is 4.09. The SMILES string of the molecule is C=C(C)/C=C/c1c(OC)cc(-c2cc3ccc(OC)cc3o2)cc1OC. The second kappa shape index (κ2) is 7.40. The number of methoxy groups -OCH3 is 3. The molecule has 0 fully saturated rings. The highest BCUT2D eigenvalue weighted by atomic mass is 16.5. The molecule has 0 spiro atoms. The summed E-state index contributed by atoms with van der Waals surface area (Å²) in [5.41, 5.74) is 3.45. The molecular formula is C22H22O4. The Balaban J connectivity index is 2.12. The lowest BCUT2D eigenvalue weighted by atomic mass is 10.1. The average molecular weight is 350 g/mol. The summed E-state index contributed by atoms with van der Waals surface area (Å²) in [4.78, 5) is 0. The topological polar surface area (TPSA) is 40.8 Å². The van der Waals surface area contributed by atoms with Gasteiger partial charge in [-0.05, 0) is 43.3 Å². The molecule has 2 aromatic carbocycles. The third-order valence-corrected chi connectivity index (χ3v) is 4.09. The van der Waals surface area contributed by atoms with Gasteiger partial charge in [-0.25, -0.2) is 0 Å². The first-order valence-electron chi connectivity index (χ1n) is 8.23. The van der Waals surface area contributed by atoms with E-state index in [1.54, 1.807) is 21.3 Å². The van der Waals surface area contributed by atoms with Crippen molar-refractivity contribution in [2.75, 3.05) is 21.3 Å². The molecule has 26 heavy (non-hydrogen) atoms. The van der Waals surface area contributed by atoms with Crippen molar-refractivity contribution in [2.24, 2.45) is 0 Å². The van der Waals surface area contributed by atoms with Crippen LogP contribution in [0, 0.1) is 0 Å². The summed E-state index contributed by atoms with van der Waals surface area (Å²) in [6, 6.07) is 11.6. The summed E-state index contributed by atoms with van der Waals surface area (Å²) in [6.45, 7) is 5.83. The number of allylic oxidation sites excluding steroid dienone is 2. The van der Waals surface area contributed by atoms with E-state index in [9.17, 15) is 0 Å². The van der Waals surface area contributed by atoms with E-state index in [0.29, 0.717) is 11.5 Å². The quantitative estimate of drug-likeness (QED) is 0.534. The van der Waals surface area contributed by atoms with Crippen molar-refractivity contribution in [3.63, 3.8) is 0 Å². The Bertz CT molecular complexity index is 954. The van der Waals surface area contributed by atoms with Crippen LogP contribution in [0.2, 0.25) is 0 Å². The van der Waals surface area contributed by atoms with Gasteiger partial charge in [0.25, 0.3) is 0 Å². The zero-order valence-electron chi connectivity index (χ0n) is 15.5. The Morgan fingerprint density at radius 2 is 1.65 bits per heavy atom. The maximum Gasteiger partial charge on any atom is 0.138 e. The molecule has 4 nitrogen and oxygen atoms in total. The highest BCUT2D eigenvalue weighted by Crippen LogP contribution is 2.38. The highest BCUT2D eigenvalue weighted by Gasteiger charge is 2.14. The molecule has 4 heteroatoms. The lowest BCUT2D eigenvalue weighted by molar-refractivity contribution is 0.392. The molecule has 0 unspecified atom stereocenters. The van der Waals surface area contributed by atoms with Gasteiger partial charge in [0.2, 0.25) is 0 Å². The van der Waals surface area contributed by atoms with Gasteiger partial charge in [0.15, 0.2) is 0 Å². The summed E-state index contributed by atoms with van der Waals surface area (Å²) in [7, 11) is 4.91. The zero-order chi connectivity index (χ0) is 18.7. The molecule has 0 atom stereocenters. The molecule has 3 rings (SSSR count). The first-order valence-corrected chi connectivity index (χ1v) is 8.23. The van der Waals surface area contributed by atoms with E-state index in [2.05, 4.69) is 6.58 Å². The smallest absolute Gasteiger partial charge is 0.138 e. The maximum absolute atomic E-state index is 6.01. The first kappa shape index (κ1) is 17.7. The lowest BCUT2D eigenvalue weighted by Crippen LogP contribution is -1.94. The van der Waals surface area contributed by atoms with Gasteiger partial charge in [-0.1, -0.05) is 18.2 Å². The van der Waals surface area contributed by atoms with E-state index in [1.807, 2.05) is 55.5 Å². The van der Waals surface area contributed by atoms with Crippen LogP contribution in [0.4, 0.5) is 0 Å². The van der Waals surface area contributed by atoms with Crippen LogP contribution in [-0.2, 0) is 0 Å². The van der Waals surface area contributed by atoms with Gasteiger partial charge < -0.3 is 18.6 Å². The van der Waals surface area contributed by atoms with Crippen molar-refractivity contribution in [3.05, 3.63) is 60.2 Å². The van der Waals surface area contributed by atoms with Crippen molar-refractivity contribution < 1.29 is 18.6 Å². The number of furan rings is 1. The van der Waals surface area contributed by atoms with Gasteiger partial charge in [-0.15, -0.1) is 0 Å². The van der Waals surface area contributed by atoms with Gasteiger partial charge in [-0.2, -0.15) is 0 Å². The molecule has 3 aromatic rings.